The number of hydrogen-bond donors (Lipinski definition) is 1. The van der Waals surface area contributed by atoms with Gasteiger partial charge in [0.05, 0.1) is 17.5 Å². The van der Waals surface area contributed by atoms with Crippen molar-refractivity contribution in [2.45, 2.75) is 30.8 Å². The van der Waals surface area contributed by atoms with E-state index in [0.29, 0.717) is 31.7 Å². The van der Waals surface area contributed by atoms with Gasteiger partial charge in [-0.25, -0.2) is 12.8 Å². The van der Waals surface area contributed by atoms with Crippen molar-refractivity contribution in [3.8, 4) is 0 Å². The normalized spacial score (nSPS) is 19.4. The van der Waals surface area contributed by atoms with Crippen LogP contribution in [0.3, 0.4) is 0 Å². The molecule has 0 aliphatic carbocycles. The van der Waals surface area contributed by atoms with Crippen LogP contribution in [0.2, 0.25) is 0 Å². The lowest BCUT2D eigenvalue weighted by molar-refractivity contribution is 0.181. The van der Waals surface area contributed by atoms with Gasteiger partial charge in [-0.1, -0.05) is 0 Å². The molecule has 1 aliphatic rings. The van der Waals surface area contributed by atoms with Crippen LogP contribution in [0.4, 0.5) is 4.39 Å². The van der Waals surface area contributed by atoms with Gasteiger partial charge in [-0.3, -0.25) is 0 Å². The van der Waals surface area contributed by atoms with E-state index in [-0.39, 0.29) is 16.5 Å². The summed E-state index contributed by atoms with van der Waals surface area (Å²) in [5.41, 5.74) is 0.760. The lowest BCUT2D eigenvalue weighted by Crippen LogP contribution is -2.37. The summed E-state index contributed by atoms with van der Waals surface area (Å²) in [6, 6.07) is 2.71. The van der Waals surface area contributed by atoms with Crippen molar-refractivity contribution >= 4 is 10.0 Å². The Morgan fingerprint density at radius 1 is 1.48 bits per heavy atom. The summed E-state index contributed by atoms with van der Waals surface area (Å²) in [6.07, 6.45) is 0.660. The molecule has 1 unspecified atom stereocenters. The summed E-state index contributed by atoms with van der Waals surface area (Å²) in [5.74, 6) is -0.502. The van der Waals surface area contributed by atoms with Crippen LogP contribution in [0.15, 0.2) is 17.0 Å². The van der Waals surface area contributed by atoms with Crippen LogP contribution >= 0.6 is 0 Å². The Labute approximate surface area is 125 Å². The molecule has 1 aliphatic heterocycles. The molecular weight excluding hydrogens is 295 g/mol. The van der Waals surface area contributed by atoms with Crippen LogP contribution < -0.4 is 5.32 Å². The van der Waals surface area contributed by atoms with Gasteiger partial charge in [0.15, 0.2) is 0 Å². The average molecular weight is 316 g/mol. The quantitative estimate of drug-likeness (QED) is 0.888. The zero-order chi connectivity index (χ0) is 15.6. The summed E-state index contributed by atoms with van der Waals surface area (Å²) in [5, 5.41) is 2.90. The Morgan fingerprint density at radius 2 is 2.19 bits per heavy atom. The molecule has 1 N–H and O–H groups in total. The number of nitrogens with zero attached hydrogens (tertiary/aromatic N) is 1. The highest BCUT2D eigenvalue weighted by molar-refractivity contribution is 7.89. The molecule has 0 spiro atoms. The molecule has 1 atom stereocenters. The number of hydrogen-bond acceptors (Lipinski definition) is 4. The maximum absolute atomic E-state index is 14.0. The predicted molar refractivity (Wildman–Crippen MR) is 78.1 cm³/mol. The van der Waals surface area contributed by atoms with E-state index in [1.165, 1.54) is 30.4 Å². The van der Waals surface area contributed by atoms with Gasteiger partial charge < -0.3 is 10.1 Å². The Kier molecular flexibility index (Phi) is 4.98. The van der Waals surface area contributed by atoms with Crippen LogP contribution in [0.25, 0.3) is 0 Å². The third-order valence-corrected chi connectivity index (χ3v) is 5.85. The fraction of sp³-hybridized carbons (Fsp3) is 0.571. The molecule has 0 radical (unpaired) electrons. The second-order valence-electron chi connectivity index (χ2n) is 5.27. The number of sulfonamides is 1. The lowest BCUT2D eigenvalue weighted by Gasteiger charge is -2.24. The van der Waals surface area contributed by atoms with Gasteiger partial charge in [-0.05, 0) is 38.1 Å². The van der Waals surface area contributed by atoms with E-state index in [2.05, 4.69) is 5.32 Å². The minimum absolute atomic E-state index is 0.0298. The summed E-state index contributed by atoms with van der Waals surface area (Å²) in [6.45, 7) is 2.84. The molecule has 1 aromatic carbocycles. The number of halogens is 1. The second-order valence-corrected chi connectivity index (χ2v) is 7.24. The van der Waals surface area contributed by atoms with Gasteiger partial charge in [0.25, 0.3) is 0 Å². The van der Waals surface area contributed by atoms with Gasteiger partial charge in [-0.2, -0.15) is 4.31 Å². The molecule has 21 heavy (non-hydrogen) atoms. The van der Waals surface area contributed by atoms with Crippen molar-refractivity contribution in [2.75, 3.05) is 27.3 Å². The fourth-order valence-corrected chi connectivity index (χ4v) is 4.10. The van der Waals surface area contributed by atoms with Crippen molar-refractivity contribution in [3.05, 3.63) is 29.1 Å². The van der Waals surface area contributed by atoms with Crippen molar-refractivity contribution in [1.29, 1.82) is 0 Å². The highest BCUT2D eigenvalue weighted by Gasteiger charge is 2.32. The first kappa shape index (κ1) is 16.4. The Hall–Kier alpha value is -1.02. The van der Waals surface area contributed by atoms with Crippen molar-refractivity contribution in [1.82, 2.24) is 9.62 Å². The van der Waals surface area contributed by atoms with Crippen LogP contribution in [0.5, 0.6) is 0 Å². The van der Waals surface area contributed by atoms with E-state index >= 15 is 0 Å². The highest BCUT2D eigenvalue weighted by atomic mass is 32.2. The first-order chi connectivity index (χ1) is 9.87. The first-order valence-electron chi connectivity index (χ1n) is 6.87. The molecule has 0 amide bonds. The fourth-order valence-electron chi connectivity index (χ4n) is 2.44. The van der Waals surface area contributed by atoms with Crippen LogP contribution in [0.1, 0.15) is 17.5 Å². The van der Waals surface area contributed by atoms with E-state index in [1.807, 2.05) is 0 Å². The van der Waals surface area contributed by atoms with Crippen LogP contribution in [-0.2, 0) is 21.3 Å². The molecular formula is C14H21FN2O3S. The summed E-state index contributed by atoms with van der Waals surface area (Å²) in [7, 11) is -0.476. The molecule has 5 nitrogen and oxygen atoms in total. The zero-order valence-corrected chi connectivity index (χ0v) is 13.3. The van der Waals surface area contributed by atoms with E-state index < -0.39 is 15.8 Å². The highest BCUT2D eigenvalue weighted by Crippen LogP contribution is 2.26. The molecule has 118 valence electrons. The Bertz CT molecular complexity index is 613. The third kappa shape index (κ3) is 3.26. The number of nitrogens with one attached hydrogen (secondary N) is 1. The van der Waals surface area contributed by atoms with Crippen LogP contribution in [0, 0.1) is 12.7 Å². The smallest absolute Gasteiger partial charge is 0.243 e. The largest absolute Gasteiger partial charge is 0.380 e. The first-order valence-corrected chi connectivity index (χ1v) is 8.31. The summed E-state index contributed by atoms with van der Waals surface area (Å²) in [4.78, 5) is 0.0298. The molecule has 0 saturated carbocycles. The monoisotopic (exact) mass is 316 g/mol. The Morgan fingerprint density at radius 3 is 2.76 bits per heavy atom. The number of ether oxygens (including phenoxy) is 1. The zero-order valence-electron chi connectivity index (χ0n) is 12.5. The van der Waals surface area contributed by atoms with Crippen molar-refractivity contribution in [2.24, 2.45) is 0 Å². The number of likely N-dealkylation sites (N-methyl/N-ethyl adjacent to an activating group) is 1. The maximum atomic E-state index is 14.0. The summed E-state index contributed by atoms with van der Waals surface area (Å²) < 4.78 is 46.0. The minimum atomic E-state index is -3.73. The average Bonchev–Trinajstić information content (AvgIpc) is 2.95. The van der Waals surface area contributed by atoms with E-state index in [0.717, 1.165) is 0 Å². The molecule has 2 rings (SSSR count). The molecule has 7 heteroatoms. The molecule has 1 saturated heterocycles. The molecule has 1 aromatic rings. The van der Waals surface area contributed by atoms with Crippen molar-refractivity contribution in [3.63, 3.8) is 0 Å². The van der Waals surface area contributed by atoms with E-state index in [1.54, 1.807) is 7.05 Å². The van der Waals surface area contributed by atoms with Gasteiger partial charge in [0.1, 0.15) is 5.82 Å². The third-order valence-electron chi connectivity index (χ3n) is 3.81. The minimum Gasteiger partial charge on any atom is -0.380 e. The van der Waals surface area contributed by atoms with Gasteiger partial charge in [0, 0.05) is 25.8 Å². The maximum Gasteiger partial charge on any atom is 0.243 e. The van der Waals surface area contributed by atoms with E-state index in [4.69, 9.17) is 4.74 Å². The SMILES string of the molecule is CNCc1cc(F)c(C)c(S(=O)(=O)N(C)C2CCOC2)c1. The van der Waals surface area contributed by atoms with E-state index in [9.17, 15) is 12.8 Å². The Balaban J connectivity index is 2.43. The van der Waals surface area contributed by atoms with Crippen molar-refractivity contribution < 1.29 is 17.5 Å². The second kappa shape index (κ2) is 6.39. The molecule has 1 heterocycles. The van der Waals surface area contributed by atoms with Gasteiger partial charge in [0.2, 0.25) is 10.0 Å². The molecule has 0 aromatic heterocycles. The van der Waals surface area contributed by atoms with Gasteiger partial charge >= 0.3 is 0 Å². The number of rotatable bonds is 5. The summed E-state index contributed by atoms with van der Waals surface area (Å²) >= 11 is 0. The molecule has 0 bridgehead atoms. The lowest BCUT2D eigenvalue weighted by atomic mass is 10.1. The predicted octanol–water partition coefficient (Wildman–Crippen LogP) is 1.26. The molecule has 1 fully saturated rings. The van der Waals surface area contributed by atoms with Crippen LogP contribution in [-0.4, -0.2) is 46.1 Å². The standard InChI is InChI=1S/C14H21FN2O3S/c1-10-13(15)6-11(8-16-2)7-14(10)21(18,19)17(3)12-4-5-20-9-12/h6-7,12,16H,4-5,8-9H2,1-3H3. The van der Waals surface area contributed by atoms with Gasteiger partial charge in [-0.15, -0.1) is 0 Å². The topological polar surface area (TPSA) is 58.6 Å². The number of benzene rings is 1.